The van der Waals surface area contributed by atoms with Crippen molar-refractivity contribution in [3.63, 3.8) is 0 Å². The van der Waals surface area contributed by atoms with Crippen LogP contribution >= 0.6 is 0 Å². The molecule has 2 aliphatic rings. The van der Waals surface area contributed by atoms with E-state index in [1.165, 1.54) is 0 Å². The lowest BCUT2D eigenvalue weighted by molar-refractivity contribution is -0.137. The molecule has 146 valence electrons. The molecule has 2 saturated heterocycles. The number of hydrogen-bond acceptors (Lipinski definition) is 6. The van der Waals surface area contributed by atoms with Crippen molar-refractivity contribution in [3.05, 3.63) is 23.7 Å². The third kappa shape index (κ3) is 5.07. The number of aliphatic hydroxyl groups is 1. The fourth-order valence-electron chi connectivity index (χ4n) is 4.28. The quantitative estimate of drug-likeness (QED) is 0.748. The maximum Gasteiger partial charge on any atom is 0.303 e. The van der Waals surface area contributed by atoms with Crippen molar-refractivity contribution >= 4 is 5.97 Å². The molecule has 2 aliphatic heterocycles. The van der Waals surface area contributed by atoms with Crippen LogP contribution in [0.1, 0.15) is 30.8 Å². The molecular formula is C19H31N3O4. The number of carboxylic acids is 1. The molecule has 3 heterocycles. The summed E-state index contributed by atoms with van der Waals surface area (Å²) in [4.78, 5) is 18.4. The van der Waals surface area contributed by atoms with E-state index in [0.717, 1.165) is 64.4 Å². The fraction of sp³-hybridized carbons (Fsp3) is 0.737. The largest absolute Gasteiger partial charge is 0.481 e. The lowest BCUT2D eigenvalue weighted by Gasteiger charge is -2.46. The zero-order valence-corrected chi connectivity index (χ0v) is 15.6. The first-order valence-electron chi connectivity index (χ1n) is 9.60. The van der Waals surface area contributed by atoms with Gasteiger partial charge in [-0.2, -0.15) is 0 Å². The van der Waals surface area contributed by atoms with Crippen molar-refractivity contribution < 1.29 is 19.4 Å². The summed E-state index contributed by atoms with van der Waals surface area (Å²) in [6, 6.07) is 4.21. The minimum Gasteiger partial charge on any atom is -0.481 e. The number of piperazine rings is 1. The molecule has 0 radical (unpaired) electrons. The number of furan rings is 1. The molecule has 0 aliphatic carbocycles. The normalized spacial score (nSPS) is 26.2. The third-order valence-electron chi connectivity index (χ3n) is 5.77. The van der Waals surface area contributed by atoms with Gasteiger partial charge in [-0.1, -0.05) is 0 Å². The summed E-state index contributed by atoms with van der Waals surface area (Å²) >= 11 is 0. The second kappa shape index (κ2) is 8.99. The molecule has 7 nitrogen and oxygen atoms in total. The van der Waals surface area contributed by atoms with Crippen LogP contribution < -0.4 is 0 Å². The van der Waals surface area contributed by atoms with Gasteiger partial charge in [0.1, 0.15) is 18.1 Å². The molecule has 0 unspecified atom stereocenters. The fourth-order valence-corrected chi connectivity index (χ4v) is 4.28. The van der Waals surface area contributed by atoms with E-state index in [4.69, 9.17) is 14.6 Å². The number of carbonyl (C=O) groups is 1. The van der Waals surface area contributed by atoms with E-state index in [2.05, 4.69) is 21.7 Å². The molecule has 3 rings (SSSR count). The van der Waals surface area contributed by atoms with Crippen molar-refractivity contribution in [2.75, 3.05) is 46.3 Å². The summed E-state index contributed by atoms with van der Waals surface area (Å²) in [6.45, 7) is 6.86. The van der Waals surface area contributed by atoms with Crippen LogP contribution in [0, 0.1) is 5.92 Å². The van der Waals surface area contributed by atoms with Crippen molar-refractivity contribution in [1.82, 2.24) is 14.7 Å². The first-order chi connectivity index (χ1) is 12.5. The second-order valence-electron chi connectivity index (χ2n) is 7.65. The molecule has 1 aromatic rings. The number of nitrogens with zero attached hydrogens (tertiary/aromatic N) is 3. The number of hydrogen-bond donors (Lipinski definition) is 2. The molecule has 1 aromatic heterocycles. The van der Waals surface area contributed by atoms with Crippen molar-refractivity contribution in [2.24, 2.45) is 5.92 Å². The Kier molecular flexibility index (Phi) is 6.69. The zero-order chi connectivity index (χ0) is 18.5. The van der Waals surface area contributed by atoms with Gasteiger partial charge in [-0.3, -0.25) is 14.6 Å². The molecular weight excluding hydrogens is 334 g/mol. The van der Waals surface area contributed by atoms with Crippen LogP contribution in [0.2, 0.25) is 0 Å². The molecule has 7 heteroatoms. The Bertz CT molecular complexity index is 583. The first kappa shape index (κ1) is 19.4. The van der Waals surface area contributed by atoms with Gasteiger partial charge >= 0.3 is 5.97 Å². The minimum atomic E-state index is -0.710. The molecule has 0 bridgehead atoms. The zero-order valence-electron chi connectivity index (χ0n) is 15.6. The van der Waals surface area contributed by atoms with Gasteiger partial charge in [-0.25, -0.2) is 0 Å². The van der Waals surface area contributed by atoms with Crippen LogP contribution in [0.4, 0.5) is 0 Å². The summed E-state index contributed by atoms with van der Waals surface area (Å²) in [6.07, 6.45) is 2.03. The first-order valence-corrected chi connectivity index (χ1v) is 9.60. The Labute approximate surface area is 155 Å². The molecule has 0 spiro atoms. The lowest BCUT2D eigenvalue weighted by atomic mass is 9.86. The van der Waals surface area contributed by atoms with Crippen LogP contribution in [-0.4, -0.2) is 83.2 Å². The molecule has 2 atom stereocenters. The van der Waals surface area contributed by atoms with Crippen LogP contribution in [0.3, 0.4) is 0 Å². The standard InChI is InChI=1S/C19H31N3O4/c1-20-8-10-22(11-9-20)18-6-7-21(12-15(18)2-5-19(24)25)13-16-3-4-17(14-23)26-16/h3-4,15,18,23H,2,5-14H2,1H3,(H,24,25)/t15-,18+/m0/s1. The van der Waals surface area contributed by atoms with Crippen LogP contribution in [0.15, 0.2) is 16.5 Å². The lowest BCUT2D eigenvalue weighted by Crippen LogP contribution is -2.56. The highest BCUT2D eigenvalue weighted by molar-refractivity contribution is 5.66. The number of aliphatic carboxylic acids is 1. The molecule has 0 aromatic carbocycles. The SMILES string of the molecule is CN1CCN([C@@H]2CCN(Cc3ccc(CO)o3)C[C@@H]2CCC(=O)O)CC1. The summed E-state index contributed by atoms with van der Waals surface area (Å²) in [7, 11) is 2.16. The third-order valence-corrected chi connectivity index (χ3v) is 5.77. The Morgan fingerprint density at radius 1 is 1.19 bits per heavy atom. The second-order valence-corrected chi connectivity index (χ2v) is 7.65. The van der Waals surface area contributed by atoms with E-state index in [1.807, 2.05) is 12.1 Å². The number of rotatable bonds is 7. The number of carboxylic acid groups (broad SMARTS) is 1. The average Bonchev–Trinajstić information content (AvgIpc) is 3.08. The molecule has 0 saturated carbocycles. The van der Waals surface area contributed by atoms with Gasteiger partial charge in [-0.15, -0.1) is 0 Å². The predicted octanol–water partition coefficient (Wildman–Crippen LogP) is 1.07. The Balaban J connectivity index is 1.61. The summed E-state index contributed by atoms with van der Waals surface area (Å²) in [5.41, 5.74) is 0. The maximum atomic E-state index is 11.1. The smallest absolute Gasteiger partial charge is 0.303 e. The van der Waals surface area contributed by atoms with Crippen LogP contribution in [-0.2, 0) is 17.9 Å². The van der Waals surface area contributed by atoms with Gasteiger partial charge in [-0.05, 0) is 37.9 Å². The summed E-state index contributed by atoms with van der Waals surface area (Å²) in [5, 5.41) is 18.3. The molecule has 26 heavy (non-hydrogen) atoms. The average molecular weight is 365 g/mol. The minimum absolute atomic E-state index is 0.0767. The van der Waals surface area contributed by atoms with E-state index in [1.54, 1.807) is 0 Å². The number of likely N-dealkylation sites (N-methyl/N-ethyl adjacent to an activating group) is 1. The van der Waals surface area contributed by atoms with Gasteiger partial charge in [0.15, 0.2) is 0 Å². The molecule has 0 amide bonds. The van der Waals surface area contributed by atoms with Crippen LogP contribution in [0.5, 0.6) is 0 Å². The summed E-state index contributed by atoms with van der Waals surface area (Å²) < 4.78 is 5.62. The Hall–Kier alpha value is -1.41. The van der Waals surface area contributed by atoms with Gasteiger partial charge in [0.25, 0.3) is 0 Å². The highest BCUT2D eigenvalue weighted by Gasteiger charge is 2.34. The summed E-state index contributed by atoms with van der Waals surface area (Å²) in [5.74, 6) is 1.12. The number of aliphatic hydroxyl groups excluding tert-OH is 1. The van der Waals surface area contributed by atoms with Gasteiger partial charge in [0, 0.05) is 51.7 Å². The van der Waals surface area contributed by atoms with Gasteiger partial charge in [0.05, 0.1) is 6.54 Å². The van der Waals surface area contributed by atoms with E-state index in [0.29, 0.717) is 17.7 Å². The van der Waals surface area contributed by atoms with Crippen LogP contribution in [0.25, 0.3) is 0 Å². The van der Waals surface area contributed by atoms with Crippen molar-refractivity contribution in [2.45, 2.75) is 38.5 Å². The number of piperidine rings is 1. The van der Waals surface area contributed by atoms with Crippen molar-refractivity contribution in [1.29, 1.82) is 0 Å². The van der Waals surface area contributed by atoms with E-state index in [-0.39, 0.29) is 13.0 Å². The molecule has 2 fully saturated rings. The van der Waals surface area contributed by atoms with Gasteiger partial charge < -0.3 is 19.5 Å². The molecule has 2 N–H and O–H groups in total. The van der Waals surface area contributed by atoms with E-state index >= 15 is 0 Å². The Morgan fingerprint density at radius 3 is 2.58 bits per heavy atom. The maximum absolute atomic E-state index is 11.1. The van der Waals surface area contributed by atoms with E-state index < -0.39 is 5.97 Å². The van der Waals surface area contributed by atoms with E-state index in [9.17, 15) is 4.79 Å². The highest BCUT2D eigenvalue weighted by Crippen LogP contribution is 2.28. The highest BCUT2D eigenvalue weighted by atomic mass is 16.4. The number of likely N-dealkylation sites (tertiary alicyclic amines) is 1. The van der Waals surface area contributed by atoms with Crippen molar-refractivity contribution in [3.8, 4) is 0 Å². The topological polar surface area (TPSA) is 80.4 Å². The Morgan fingerprint density at radius 2 is 1.92 bits per heavy atom. The van der Waals surface area contributed by atoms with Gasteiger partial charge in [0.2, 0.25) is 0 Å². The monoisotopic (exact) mass is 365 g/mol. The predicted molar refractivity (Wildman–Crippen MR) is 97.7 cm³/mol.